The third kappa shape index (κ3) is 5.32. The molecule has 5 atom stereocenters. The van der Waals surface area contributed by atoms with Gasteiger partial charge in [-0.3, -0.25) is 14.4 Å². The molecule has 0 saturated carbocycles. The Bertz CT molecular complexity index is 1580. The van der Waals surface area contributed by atoms with E-state index in [1.54, 1.807) is 24.3 Å². The lowest BCUT2D eigenvalue weighted by atomic mass is 9.60. The number of fused-ring (bicyclic) bond motifs is 2. The van der Waals surface area contributed by atoms with Gasteiger partial charge in [-0.25, -0.2) is 4.39 Å². The van der Waals surface area contributed by atoms with E-state index in [1.807, 2.05) is 27.7 Å². The smallest absolute Gasteiger partial charge is 0.248 e. The van der Waals surface area contributed by atoms with Gasteiger partial charge in [0, 0.05) is 28.2 Å². The lowest BCUT2D eigenvalue weighted by Crippen LogP contribution is -2.51. The standard InChI is InChI=1S/C32H35Cl2FN4O4/c1-15-6-10-19(34)26(35)24(15)25-27(29(41)37-20-11-7-16(28(36)40)12-22(20)43-5)39-23(14-31(2,3)4)32(25)18-9-8-17(33)13-21(18)38-30(32)42/h7-13,15,23,25,27,39H,6,14H2,1-5H3,(H2,36,40)(H,37,41)(H,38,42)/t15?,23-,25-,27+,32+/m0/s1. The van der Waals surface area contributed by atoms with Crippen LogP contribution in [-0.2, 0) is 15.0 Å². The summed E-state index contributed by atoms with van der Waals surface area (Å²) in [7, 11) is 1.41. The van der Waals surface area contributed by atoms with Crippen LogP contribution < -0.4 is 26.4 Å². The second-order valence-corrected chi connectivity index (χ2v) is 13.5. The summed E-state index contributed by atoms with van der Waals surface area (Å²) in [6, 6.07) is 7.98. The third-order valence-corrected chi connectivity index (χ3v) is 9.18. The first kappa shape index (κ1) is 31.0. The van der Waals surface area contributed by atoms with Crippen LogP contribution in [0.3, 0.4) is 0 Å². The molecule has 2 aromatic rings. The van der Waals surface area contributed by atoms with Crippen LogP contribution in [0.4, 0.5) is 15.8 Å². The number of amides is 3. The molecule has 1 saturated heterocycles. The van der Waals surface area contributed by atoms with Crippen molar-refractivity contribution >= 4 is 52.3 Å². The van der Waals surface area contributed by atoms with Crippen LogP contribution in [0.5, 0.6) is 5.75 Å². The molecular formula is C32H35Cl2FN4O4. The summed E-state index contributed by atoms with van der Waals surface area (Å²) in [4.78, 5) is 40.4. The zero-order valence-corrected chi connectivity index (χ0v) is 26.1. The van der Waals surface area contributed by atoms with Gasteiger partial charge in [0.25, 0.3) is 0 Å². The van der Waals surface area contributed by atoms with Gasteiger partial charge in [0.15, 0.2) is 0 Å². The summed E-state index contributed by atoms with van der Waals surface area (Å²) in [6.45, 7) is 8.02. The van der Waals surface area contributed by atoms with Gasteiger partial charge in [-0.05, 0) is 65.6 Å². The van der Waals surface area contributed by atoms with E-state index in [-0.39, 0.29) is 33.6 Å². The minimum atomic E-state index is -1.36. The van der Waals surface area contributed by atoms with Crippen molar-refractivity contribution in [3.05, 3.63) is 75.1 Å². The Labute approximate surface area is 260 Å². The molecule has 5 N–H and O–H groups in total. The van der Waals surface area contributed by atoms with Gasteiger partial charge in [0.2, 0.25) is 17.7 Å². The number of carbonyl (C=O) groups is 3. The SMILES string of the molecule is COc1cc(C(N)=O)ccc1NC(=O)[C@@H]1N[C@@H](CC(C)(C)C)[C@@]2(C(=O)Nc3cc(Cl)ccc32)[C@H]1C1=C(F)C(Cl)=CCC1C. The lowest BCUT2D eigenvalue weighted by molar-refractivity contribution is -0.123. The molecule has 2 aromatic carbocycles. The number of allylic oxidation sites excluding steroid dienone is 3. The zero-order chi connectivity index (χ0) is 31.4. The van der Waals surface area contributed by atoms with Crippen LogP contribution >= 0.6 is 23.2 Å². The van der Waals surface area contributed by atoms with Crippen LogP contribution in [-0.4, -0.2) is 36.9 Å². The van der Waals surface area contributed by atoms with Crippen molar-refractivity contribution in [3.8, 4) is 5.75 Å². The molecule has 43 heavy (non-hydrogen) atoms. The van der Waals surface area contributed by atoms with Crippen molar-refractivity contribution in [1.82, 2.24) is 5.32 Å². The molecule has 0 aromatic heterocycles. The van der Waals surface area contributed by atoms with Gasteiger partial charge >= 0.3 is 0 Å². The Morgan fingerprint density at radius 3 is 2.56 bits per heavy atom. The number of rotatable bonds is 6. The molecule has 1 unspecified atom stereocenters. The predicted molar refractivity (Wildman–Crippen MR) is 166 cm³/mol. The molecule has 228 valence electrons. The number of benzene rings is 2. The average Bonchev–Trinajstić information content (AvgIpc) is 3.40. The van der Waals surface area contributed by atoms with E-state index in [0.29, 0.717) is 40.4 Å². The third-order valence-electron chi connectivity index (χ3n) is 8.63. The number of hydrogen-bond donors (Lipinski definition) is 4. The molecule has 1 spiro atoms. The van der Waals surface area contributed by atoms with Crippen molar-refractivity contribution in [1.29, 1.82) is 0 Å². The number of halogens is 3. The largest absolute Gasteiger partial charge is 0.495 e. The summed E-state index contributed by atoms with van der Waals surface area (Å²) < 4.78 is 21.7. The maximum Gasteiger partial charge on any atom is 0.248 e. The monoisotopic (exact) mass is 628 g/mol. The Kier molecular flexibility index (Phi) is 8.13. The van der Waals surface area contributed by atoms with Crippen molar-refractivity contribution < 1.29 is 23.5 Å². The van der Waals surface area contributed by atoms with Crippen LogP contribution in [0.1, 0.15) is 56.5 Å². The number of nitrogens with two attached hydrogens (primary N) is 1. The first-order chi connectivity index (χ1) is 20.2. The molecule has 2 aliphatic heterocycles. The molecule has 2 heterocycles. The maximum absolute atomic E-state index is 16.2. The summed E-state index contributed by atoms with van der Waals surface area (Å²) in [5, 5.41) is 9.75. The molecular weight excluding hydrogens is 594 g/mol. The Morgan fingerprint density at radius 1 is 1.19 bits per heavy atom. The van der Waals surface area contributed by atoms with E-state index in [0.717, 1.165) is 0 Å². The van der Waals surface area contributed by atoms with E-state index in [2.05, 4.69) is 16.0 Å². The number of ether oxygens (including phenoxy) is 1. The van der Waals surface area contributed by atoms with Crippen LogP contribution in [0, 0.1) is 17.3 Å². The first-order valence-corrected chi connectivity index (χ1v) is 14.9. The van der Waals surface area contributed by atoms with E-state index >= 15 is 4.39 Å². The molecule has 11 heteroatoms. The van der Waals surface area contributed by atoms with E-state index in [1.165, 1.54) is 25.3 Å². The molecule has 1 fully saturated rings. The highest BCUT2D eigenvalue weighted by Gasteiger charge is 2.67. The molecule has 3 amide bonds. The normalized spacial score (nSPS) is 26.7. The van der Waals surface area contributed by atoms with Crippen molar-refractivity contribution in [3.63, 3.8) is 0 Å². The highest BCUT2D eigenvalue weighted by Crippen LogP contribution is 2.58. The fourth-order valence-electron chi connectivity index (χ4n) is 6.84. The second-order valence-electron chi connectivity index (χ2n) is 12.7. The van der Waals surface area contributed by atoms with E-state index < -0.39 is 41.1 Å². The number of nitrogens with one attached hydrogen (secondary N) is 3. The van der Waals surface area contributed by atoms with E-state index in [4.69, 9.17) is 33.7 Å². The topological polar surface area (TPSA) is 123 Å². The Hall–Kier alpha value is -3.40. The number of methoxy groups -OCH3 is 1. The van der Waals surface area contributed by atoms with Gasteiger partial charge in [-0.1, -0.05) is 63.0 Å². The molecule has 3 aliphatic rings. The Balaban J connectivity index is 1.71. The van der Waals surface area contributed by atoms with Crippen LogP contribution in [0.25, 0.3) is 0 Å². The van der Waals surface area contributed by atoms with Gasteiger partial charge in [0.05, 0.1) is 23.9 Å². The van der Waals surface area contributed by atoms with Crippen molar-refractivity contribution in [2.75, 3.05) is 17.7 Å². The summed E-state index contributed by atoms with van der Waals surface area (Å²) >= 11 is 12.7. The summed E-state index contributed by atoms with van der Waals surface area (Å²) in [5.41, 5.74) is 5.78. The van der Waals surface area contributed by atoms with Crippen molar-refractivity contribution in [2.24, 2.45) is 23.0 Å². The number of hydrogen-bond acceptors (Lipinski definition) is 5. The minimum Gasteiger partial charge on any atom is -0.495 e. The zero-order valence-electron chi connectivity index (χ0n) is 24.6. The van der Waals surface area contributed by atoms with Gasteiger partial charge in [-0.2, -0.15) is 0 Å². The molecule has 0 bridgehead atoms. The molecule has 8 nitrogen and oxygen atoms in total. The van der Waals surface area contributed by atoms with Gasteiger partial charge in [0.1, 0.15) is 17.0 Å². The predicted octanol–water partition coefficient (Wildman–Crippen LogP) is 6.06. The van der Waals surface area contributed by atoms with Gasteiger partial charge < -0.3 is 26.4 Å². The van der Waals surface area contributed by atoms with Gasteiger partial charge in [-0.15, -0.1) is 0 Å². The maximum atomic E-state index is 16.2. The van der Waals surface area contributed by atoms with Crippen molar-refractivity contribution in [2.45, 2.75) is 58.0 Å². The summed E-state index contributed by atoms with van der Waals surface area (Å²) in [6.07, 6.45) is 2.56. The quantitative estimate of drug-likeness (QED) is 0.310. The average molecular weight is 630 g/mol. The molecule has 5 rings (SSSR count). The van der Waals surface area contributed by atoms with Crippen LogP contribution in [0.2, 0.25) is 5.02 Å². The summed E-state index contributed by atoms with van der Waals surface area (Å²) in [5.74, 6) is -3.18. The molecule has 0 radical (unpaired) electrons. The minimum absolute atomic E-state index is 0.0416. The number of anilines is 2. The fraction of sp³-hybridized carbons (Fsp3) is 0.406. The Morgan fingerprint density at radius 2 is 1.91 bits per heavy atom. The highest BCUT2D eigenvalue weighted by atomic mass is 35.5. The van der Waals surface area contributed by atoms with E-state index in [9.17, 15) is 14.4 Å². The second kappa shape index (κ2) is 11.3. The highest BCUT2D eigenvalue weighted by molar-refractivity contribution is 6.32. The number of primary amides is 1. The first-order valence-electron chi connectivity index (χ1n) is 14.1. The van der Waals surface area contributed by atoms with Crippen LogP contribution in [0.15, 0.2) is 58.9 Å². The lowest BCUT2D eigenvalue weighted by Gasteiger charge is -2.40. The number of carbonyl (C=O) groups excluding carboxylic acids is 3. The fourth-order valence-corrected chi connectivity index (χ4v) is 7.21. The molecule has 1 aliphatic carbocycles.